The number of para-hydroxylation sites is 1. The summed E-state index contributed by atoms with van der Waals surface area (Å²) in [4.78, 5) is 7.32. The Kier molecular flexibility index (Phi) is 7.69. The van der Waals surface area contributed by atoms with Crippen LogP contribution in [0.3, 0.4) is 0 Å². The minimum atomic E-state index is -2.12. The van der Waals surface area contributed by atoms with Crippen molar-refractivity contribution in [2.24, 2.45) is 40.5 Å². The Morgan fingerprint density at radius 2 is 1.77 bits per heavy atom. The van der Waals surface area contributed by atoms with Gasteiger partial charge in [-0.05, 0) is 95.1 Å². The molecule has 3 nitrogen and oxygen atoms in total. The zero-order valence-corrected chi connectivity index (χ0v) is 27.7. The molecule has 5 aliphatic rings. The SMILES string of the molecule is C=C1C=C(C2C=CCC(C3C=NCCC3C#N)C2)C=C1N1c2ccccc2[Si](P)(c2ccccc2)C2CC(C)C(C)CC21. The summed E-state index contributed by atoms with van der Waals surface area (Å²) in [6.07, 6.45) is 17.2. The van der Waals surface area contributed by atoms with Crippen LogP contribution in [0.2, 0.25) is 5.54 Å². The Morgan fingerprint density at radius 1 is 1.00 bits per heavy atom. The smallest absolute Gasteiger partial charge is 0.145 e. The molecule has 5 heteroatoms. The summed E-state index contributed by atoms with van der Waals surface area (Å²) in [5.74, 6) is 2.56. The predicted molar refractivity (Wildman–Crippen MR) is 186 cm³/mol. The van der Waals surface area contributed by atoms with Crippen molar-refractivity contribution in [3.05, 3.63) is 102 Å². The topological polar surface area (TPSA) is 39.4 Å². The molecule has 1 saturated carbocycles. The lowest BCUT2D eigenvalue weighted by atomic mass is 9.71. The second-order valence-electron chi connectivity index (χ2n) is 13.8. The maximum absolute atomic E-state index is 9.84. The summed E-state index contributed by atoms with van der Waals surface area (Å²) < 4.78 is 0. The fourth-order valence-corrected chi connectivity index (χ4v) is 15.8. The highest BCUT2D eigenvalue weighted by Gasteiger charge is 2.55. The zero-order chi connectivity index (χ0) is 29.7. The Labute approximate surface area is 261 Å². The molecule has 0 aromatic heterocycles. The van der Waals surface area contributed by atoms with Crippen molar-refractivity contribution < 1.29 is 0 Å². The van der Waals surface area contributed by atoms with Gasteiger partial charge in [-0.3, -0.25) is 4.99 Å². The van der Waals surface area contributed by atoms with Crippen molar-refractivity contribution >= 4 is 38.8 Å². The predicted octanol–water partition coefficient (Wildman–Crippen LogP) is 7.44. The lowest BCUT2D eigenvalue weighted by Gasteiger charge is -2.56. The number of anilines is 1. The number of rotatable bonds is 4. The molecule has 0 spiro atoms. The van der Waals surface area contributed by atoms with Crippen LogP contribution in [-0.4, -0.2) is 26.5 Å². The molecule has 2 heterocycles. The molecule has 2 aromatic carbocycles. The third-order valence-electron chi connectivity index (χ3n) is 11.5. The van der Waals surface area contributed by atoms with E-state index in [0.29, 0.717) is 35.3 Å². The summed E-state index contributed by atoms with van der Waals surface area (Å²) in [7, 11) is 1.39. The van der Waals surface area contributed by atoms with E-state index in [2.05, 4.69) is 130 Å². The lowest BCUT2D eigenvalue weighted by Crippen LogP contribution is -2.68. The van der Waals surface area contributed by atoms with E-state index in [4.69, 9.17) is 0 Å². The third kappa shape index (κ3) is 4.84. The first kappa shape index (κ1) is 28.8. The quantitative estimate of drug-likeness (QED) is 0.208. The van der Waals surface area contributed by atoms with Crippen LogP contribution in [0.25, 0.3) is 0 Å². The summed E-state index contributed by atoms with van der Waals surface area (Å²) in [6.45, 7) is 10.4. The Hall–Kier alpha value is -2.99. The van der Waals surface area contributed by atoms with Crippen LogP contribution in [-0.2, 0) is 0 Å². The van der Waals surface area contributed by atoms with Crippen molar-refractivity contribution in [3.63, 3.8) is 0 Å². The highest BCUT2D eigenvalue weighted by molar-refractivity contribution is 7.76. The molecule has 0 amide bonds. The van der Waals surface area contributed by atoms with E-state index in [1.807, 2.05) is 0 Å². The Morgan fingerprint density at radius 3 is 2.58 bits per heavy atom. The van der Waals surface area contributed by atoms with E-state index >= 15 is 0 Å². The normalized spacial score (nSPS) is 36.8. The number of allylic oxidation sites excluding steroid dienone is 5. The van der Waals surface area contributed by atoms with Gasteiger partial charge in [-0.2, -0.15) is 5.26 Å². The molecule has 3 aliphatic carbocycles. The molecule has 0 saturated heterocycles. The molecule has 1 fully saturated rings. The highest BCUT2D eigenvalue weighted by Crippen LogP contribution is 2.53. The average Bonchev–Trinajstić information content (AvgIpc) is 3.43. The van der Waals surface area contributed by atoms with Gasteiger partial charge < -0.3 is 4.90 Å². The maximum Gasteiger partial charge on any atom is 0.145 e. The van der Waals surface area contributed by atoms with Gasteiger partial charge in [0.2, 0.25) is 0 Å². The number of hydrogen-bond acceptors (Lipinski definition) is 3. The molecule has 220 valence electrons. The van der Waals surface area contributed by atoms with Crippen LogP contribution in [0.5, 0.6) is 0 Å². The molecule has 2 aliphatic heterocycles. The molecular formula is C38H44N3PSi. The minimum absolute atomic E-state index is 0.0895. The Bertz CT molecular complexity index is 1570. The number of fused-ring (bicyclic) bond motifs is 2. The number of benzene rings is 2. The van der Waals surface area contributed by atoms with Crippen LogP contribution in [0.1, 0.15) is 46.0 Å². The summed E-state index contributed by atoms with van der Waals surface area (Å²) in [5.41, 5.74) is 5.78. The van der Waals surface area contributed by atoms with Gasteiger partial charge in [0.25, 0.3) is 0 Å². The van der Waals surface area contributed by atoms with Crippen LogP contribution < -0.4 is 15.3 Å². The number of aliphatic imine (C=N–C) groups is 1. The first-order chi connectivity index (χ1) is 20.9. The van der Waals surface area contributed by atoms with Gasteiger partial charge in [-0.1, -0.05) is 81.1 Å². The monoisotopic (exact) mass is 601 g/mol. The van der Waals surface area contributed by atoms with Crippen molar-refractivity contribution in [2.45, 2.75) is 57.5 Å². The third-order valence-corrected chi connectivity index (χ3v) is 19.1. The number of nitriles is 1. The van der Waals surface area contributed by atoms with E-state index in [-0.39, 0.29) is 11.8 Å². The second kappa shape index (κ2) is 11.5. The largest absolute Gasteiger partial charge is 0.338 e. The first-order valence-electron chi connectivity index (χ1n) is 16.3. The van der Waals surface area contributed by atoms with Gasteiger partial charge in [0.15, 0.2) is 0 Å². The van der Waals surface area contributed by atoms with Crippen molar-refractivity contribution in [2.75, 3.05) is 11.4 Å². The molecular weight excluding hydrogens is 557 g/mol. The van der Waals surface area contributed by atoms with E-state index in [9.17, 15) is 5.26 Å². The van der Waals surface area contributed by atoms with Gasteiger partial charge >= 0.3 is 0 Å². The van der Waals surface area contributed by atoms with Gasteiger partial charge in [0, 0.05) is 42.0 Å². The molecule has 0 bridgehead atoms. The molecule has 0 radical (unpaired) electrons. The number of hydrogen-bond donors (Lipinski definition) is 0. The fraction of sp³-hybridized carbons (Fsp3) is 0.421. The van der Waals surface area contributed by atoms with E-state index in [1.54, 1.807) is 0 Å². The lowest BCUT2D eigenvalue weighted by molar-refractivity contribution is 0.245. The summed E-state index contributed by atoms with van der Waals surface area (Å²) in [5, 5.41) is 12.9. The van der Waals surface area contributed by atoms with Gasteiger partial charge in [0.1, 0.15) is 7.74 Å². The van der Waals surface area contributed by atoms with Crippen molar-refractivity contribution in [3.8, 4) is 6.07 Å². The van der Waals surface area contributed by atoms with Gasteiger partial charge in [-0.25, -0.2) is 0 Å². The molecule has 2 aromatic rings. The van der Waals surface area contributed by atoms with Gasteiger partial charge in [-0.15, -0.1) is 8.79 Å². The van der Waals surface area contributed by atoms with E-state index in [0.717, 1.165) is 31.4 Å². The standard InChI is InChI=1S/C38H44N3PSi/c1-25-19-36-38(20-26(25)2)43(42,32-12-5-4-6-13-32)37-15-8-7-14-34(37)41(36)35-22-31(18-27(35)3)28-10-9-11-29(21-28)33-24-40-17-16-30(33)23-39/h4-10,12-15,18,22,24-26,28-30,33,36,38H,3,11,16-17,19-21,42H2,1-2H3. The first-order valence-corrected chi connectivity index (χ1v) is 20.2. The molecule has 10 atom stereocenters. The minimum Gasteiger partial charge on any atom is -0.338 e. The molecule has 7 rings (SSSR count). The summed E-state index contributed by atoms with van der Waals surface area (Å²) in [6, 6.07) is 23.7. The fourth-order valence-electron chi connectivity index (χ4n) is 8.94. The van der Waals surface area contributed by atoms with Crippen LogP contribution in [0, 0.1) is 46.8 Å². The second-order valence-corrected chi connectivity index (χ2v) is 20.2. The van der Waals surface area contributed by atoms with Crippen molar-refractivity contribution in [1.29, 1.82) is 5.26 Å². The molecule has 0 N–H and O–H groups in total. The van der Waals surface area contributed by atoms with Crippen LogP contribution >= 0.6 is 8.79 Å². The van der Waals surface area contributed by atoms with E-state index < -0.39 is 7.74 Å². The summed E-state index contributed by atoms with van der Waals surface area (Å²) >= 11 is 0. The maximum atomic E-state index is 9.84. The molecule has 43 heavy (non-hydrogen) atoms. The molecule has 10 unspecified atom stereocenters. The Balaban J connectivity index is 1.27. The van der Waals surface area contributed by atoms with Crippen molar-refractivity contribution in [1.82, 2.24) is 0 Å². The van der Waals surface area contributed by atoms with E-state index in [1.165, 1.54) is 40.2 Å². The van der Waals surface area contributed by atoms with Crippen LogP contribution in [0.15, 0.2) is 107 Å². The van der Waals surface area contributed by atoms with Gasteiger partial charge in [0.05, 0.1) is 12.0 Å². The van der Waals surface area contributed by atoms with Crippen LogP contribution in [0.4, 0.5) is 5.69 Å². The average molecular weight is 602 g/mol. The zero-order valence-electron chi connectivity index (χ0n) is 25.6. The number of nitrogens with zero attached hydrogens (tertiary/aromatic N) is 3. The highest BCUT2D eigenvalue weighted by atomic mass is 31.3.